The van der Waals surface area contributed by atoms with Gasteiger partial charge in [-0.3, -0.25) is 0 Å². The average Bonchev–Trinajstić information content (AvgIpc) is 2.85. The summed E-state index contributed by atoms with van der Waals surface area (Å²) in [4.78, 5) is 4.89. The summed E-state index contributed by atoms with van der Waals surface area (Å²) in [6.45, 7) is 1.63. The number of benzene rings is 1. The first-order valence-electron chi connectivity index (χ1n) is 5.52. The van der Waals surface area contributed by atoms with E-state index in [1.54, 1.807) is 19.1 Å². The van der Waals surface area contributed by atoms with Gasteiger partial charge in [0.15, 0.2) is 5.01 Å². The van der Waals surface area contributed by atoms with Crippen LogP contribution in [0.5, 0.6) is 0 Å². The molecule has 98 valence electrons. The van der Waals surface area contributed by atoms with Crippen LogP contribution >= 0.6 is 22.9 Å². The number of aromatic nitrogens is 3. The molecule has 1 aromatic carbocycles. The van der Waals surface area contributed by atoms with Crippen LogP contribution in [0.3, 0.4) is 0 Å². The maximum Gasteiger partial charge on any atom is 0.213 e. The first kappa shape index (κ1) is 12.5. The van der Waals surface area contributed by atoms with E-state index in [0.717, 1.165) is 0 Å². The molecule has 2 aromatic heterocycles. The van der Waals surface area contributed by atoms with E-state index in [4.69, 9.17) is 11.6 Å². The lowest BCUT2D eigenvalue weighted by Gasteiger charge is -2.00. The molecule has 0 aliphatic rings. The van der Waals surface area contributed by atoms with E-state index in [1.165, 1.54) is 21.9 Å². The molecule has 1 N–H and O–H groups in total. The van der Waals surface area contributed by atoms with E-state index >= 15 is 0 Å². The average molecular weight is 298 g/mol. The molecule has 0 atom stereocenters. The van der Waals surface area contributed by atoms with Crippen molar-refractivity contribution in [1.82, 2.24) is 14.6 Å². The van der Waals surface area contributed by atoms with Gasteiger partial charge in [0, 0.05) is 0 Å². The van der Waals surface area contributed by atoms with Crippen LogP contribution in [0.2, 0.25) is 5.02 Å². The zero-order chi connectivity index (χ0) is 13.6. The van der Waals surface area contributed by atoms with E-state index < -0.39 is 5.82 Å². The Morgan fingerprint density at radius 2 is 2.26 bits per heavy atom. The van der Waals surface area contributed by atoms with Gasteiger partial charge in [0.2, 0.25) is 4.96 Å². The van der Waals surface area contributed by atoms with Crippen molar-refractivity contribution in [3.63, 3.8) is 0 Å². The van der Waals surface area contributed by atoms with E-state index in [0.29, 0.717) is 26.4 Å². The molecule has 3 rings (SSSR count). The second kappa shape index (κ2) is 4.56. The maximum absolute atomic E-state index is 13.8. The van der Waals surface area contributed by atoms with Crippen molar-refractivity contribution >= 4 is 27.9 Å². The monoisotopic (exact) mass is 297 g/mol. The molecule has 7 heteroatoms. The highest BCUT2D eigenvalue weighted by molar-refractivity contribution is 7.19. The van der Waals surface area contributed by atoms with Crippen LogP contribution in [-0.2, 0) is 6.61 Å². The Bertz CT molecular complexity index is 748. The second-order valence-electron chi connectivity index (χ2n) is 4.00. The van der Waals surface area contributed by atoms with Crippen molar-refractivity contribution in [1.29, 1.82) is 0 Å². The summed E-state index contributed by atoms with van der Waals surface area (Å²) in [6.07, 6.45) is 0. The summed E-state index contributed by atoms with van der Waals surface area (Å²) >= 11 is 7.25. The fourth-order valence-electron chi connectivity index (χ4n) is 1.88. The second-order valence-corrected chi connectivity index (χ2v) is 5.36. The van der Waals surface area contributed by atoms with E-state index in [-0.39, 0.29) is 12.2 Å². The Kier molecular flexibility index (Phi) is 3.00. The highest BCUT2D eigenvalue weighted by Gasteiger charge is 2.18. The van der Waals surface area contributed by atoms with Crippen molar-refractivity contribution in [2.45, 2.75) is 13.5 Å². The van der Waals surface area contributed by atoms with Crippen molar-refractivity contribution in [2.75, 3.05) is 0 Å². The topological polar surface area (TPSA) is 50.4 Å². The molecule has 0 saturated carbocycles. The van der Waals surface area contributed by atoms with Crippen LogP contribution in [0.4, 0.5) is 4.39 Å². The van der Waals surface area contributed by atoms with Crippen LogP contribution in [-0.4, -0.2) is 19.7 Å². The SMILES string of the molecule is Cc1nc2sc(-c3c(F)cccc3Cl)nn2c1CO. The number of aliphatic hydroxyl groups excluding tert-OH is 1. The molecule has 0 aliphatic carbocycles. The van der Waals surface area contributed by atoms with Crippen molar-refractivity contribution in [3.8, 4) is 10.6 Å². The van der Waals surface area contributed by atoms with Crippen molar-refractivity contribution < 1.29 is 9.50 Å². The predicted octanol–water partition coefficient (Wildman–Crippen LogP) is 3.05. The minimum absolute atomic E-state index is 0.165. The van der Waals surface area contributed by atoms with Gasteiger partial charge >= 0.3 is 0 Å². The summed E-state index contributed by atoms with van der Waals surface area (Å²) in [6, 6.07) is 4.50. The first-order chi connectivity index (χ1) is 9.11. The largest absolute Gasteiger partial charge is 0.390 e. The smallest absolute Gasteiger partial charge is 0.213 e. The molecule has 3 aromatic rings. The summed E-state index contributed by atoms with van der Waals surface area (Å²) < 4.78 is 15.4. The van der Waals surface area contributed by atoms with Gasteiger partial charge in [-0.1, -0.05) is 29.0 Å². The molecule has 0 amide bonds. The Labute approximate surface area is 117 Å². The van der Waals surface area contributed by atoms with Crippen molar-refractivity contribution in [3.05, 3.63) is 40.4 Å². The fraction of sp³-hybridized carbons (Fsp3) is 0.167. The third-order valence-electron chi connectivity index (χ3n) is 2.82. The van der Waals surface area contributed by atoms with Crippen LogP contribution in [0.25, 0.3) is 15.5 Å². The lowest BCUT2D eigenvalue weighted by atomic mass is 10.2. The van der Waals surface area contributed by atoms with Crippen molar-refractivity contribution in [2.24, 2.45) is 0 Å². The molecule has 0 fully saturated rings. The molecule has 0 unspecified atom stereocenters. The summed E-state index contributed by atoms with van der Waals surface area (Å²) in [5.74, 6) is -0.424. The summed E-state index contributed by atoms with van der Waals surface area (Å²) in [7, 11) is 0. The molecule has 0 aliphatic heterocycles. The van der Waals surface area contributed by atoms with E-state index in [2.05, 4.69) is 10.1 Å². The van der Waals surface area contributed by atoms with Gasteiger partial charge in [-0.2, -0.15) is 5.10 Å². The number of fused-ring (bicyclic) bond motifs is 1. The molecule has 0 bridgehead atoms. The lowest BCUT2D eigenvalue weighted by Crippen LogP contribution is -1.95. The third-order valence-corrected chi connectivity index (χ3v) is 4.06. The maximum atomic E-state index is 13.8. The van der Waals surface area contributed by atoms with Gasteiger partial charge in [-0.05, 0) is 19.1 Å². The molecule has 19 heavy (non-hydrogen) atoms. The van der Waals surface area contributed by atoms with E-state index in [9.17, 15) is 9.50 Å². The minimum Gasteiger partial charge on any atom is -0.390 e. The molecular formula is C12H9ClFN3OS. The summed E-state index contributed by atoms with van der Waals surface area (Å²) in [5.41, 5.74) is 1.58. The number of nitrogens with zero attached hydrogens (tertiary/aromatic N) is 3. The van der Waals surface area contributed by atoms with Gasteiger partial charge in [0.25, 0.3) is 0 Å². The normalized spacial score (nSPS) is 11.4. The molecule has 0 saturated heterocycles. The highest BCUT2D eigenvalue weighted by atomic mass is 35.5. The van der Waals surface area contributed by atoms with Crippen LogP contribution in [0.15, 0.2) is 18.2 Å². The van der Waals surface area contributed by atoms with E-state index in [1.807, 2.05) is 0 Å². The molecule has 0 radical (unpaired) electrons. The summed E-state index contributed by atoms with van der Waals surface area (Å²) in [5, 5.41) is 14.3. The Morgan fingerprint density at radius 3 is 2.95 bits per heavy atom. The Hall–Kier alpha value is -1.50. The van der Waals surface area contributed by atoms with Gasteiger partial charge in [0.1, 0.15) is 5.82 Å². The Morgan fingerprint density at radius 1 is 1.47 bits per heavy atom. The van der Waals surface area contributed by atoms with Crippen LogP contribution < -0.4 is 0 Å². The first-order valence-corrected chi connectivity index (χ1v) is 6.71. The number of aryl methyl sites for hydroxylation is 1. The quantitative estimate of drug-likeness (QED) is 0.791. The number of halogens is 2. The fourth-order valence-corrected chi connectivity index (χ4v) is 3.21. The number of hydrogen-bond acceptors (Lipinski definition) is 4. The molecule has 4 nitrogen and oxygen atoms in total. The number of rotatable bonds is 2. The molecule has 2 heterocycles. The molecule has 0 spiro atoms. The zero-order valence-corrected chi connectivity index (χ0v) is 11.5. The van der Waals surface area contributed by atoms with Crippen LogP contribution in [0, 0.1) is 12.7 Å². The highest BCUT2D eigenvalue weighted by Crippen LogP contribution is 2.34. The molecular weight excluding hydrogens is 289 g/mol. The number of aliphatic hydroxyl groups is 1. The number of hydrogen-bond donors (Lipinski definition) is 1. The Balaban J connectivity index is 2.24. The number of imidazole rings is 1. The predicted molar refractivity (Wildman–Crippen MR) is 71.9 cm³/mol. The third kappa shape index (κ3) is 1.92. The van der Waals surface area contributed by atoms with Gasteiger partial charge < -0.3 is 5.11 Å². The standard InChI is InChI=1S/C12H9ClFN3OS/c1-6-9(5-18)17-12(15-6)19-11(16-17)10-7(13)3-2-4-8(10)14/h2-4,18H,5H2,1H3. The minimum atomic E-state index is -0.424. The van der Waals surface area contributed by atoms with Gasteiger partial charge in [0.05, 0.1) is 28.6 Å². The lowest BCUT2D eigenvalue weighted by molar-refractivity contribution is 0.273. The van der Waals surface area contributed by atoms with Gasteiger partial charge in [-0.15, -0.1) is 0 Å². The van der Waals surface area contributed by atoms with Gasteiger partial charge in [-0.25, -0.2) is 13.9 Å². The van der Waals surface area contributed by atoms with Crippen LogP contribution in [0.1, 0.15) is 11.4 Å². The zero-order valence-electron chi connectivity index (χ0n) is 9.89.